The number of likely N-dealkylation sites (N-methyl/N-ethyl adjacent to an activating group) is 1. The molecule has 1 aromatic carbocycles. The molecule has 1 rings (SSSR count). The lowest BCUT2D eigenvalue weighted by Crippen LogP contribution is -2.53. The van der Waals surface area contributed by atoms with Gasteiger partial charge in [0, 0.05) is 0 Å². The molecule has 118 valence electrons. The fraction of sp³-hybridized carbons (Fsp3) is 0.588. The van der Waals surface area contributed by atoms with Crippen molar-refractivity contribution in [3.8, 4) is 0 Å². The second-order valence-electron chi connectivity index (χ2n) is 5.50. The van der Waals surface area contributed by atoms with Crippen LogP contribution in [0.3, 0.4) is 0 Å². The van der Waals surface area contributed by atoms with E-state index in [2.05, 4.69) is 19.2 Å². The van der Waals surface area contributed by atoms with E-state index < -0.39 is 5.54 Å². The van der Waals surface area contributed by atoms with E-state index in [0.717, 1.165) is 23.5 Å². The summed E-state index contributed by atoms with van der Waals surface area (Å²) in [7, 11) is 0. The van der Waals surface area contributed by atoms with Gasteiger partial charge in [-0.3, -0.25) is 10.1 Å². The van der Waals surface area contributed by atoms with Crippen LogP contribution in [0.2, 0.25) is 0 Å². The molecular formula is C17H28N2OS. The zero-order valence-corrected chi connectivity index (χ0v) is 14.2. The summed E-state index contributed by atoms with van der Waals surface area (Å²) in [6, 6.07) is 9.83. The van der Waals surface area contributed by atoms with Gasteiger partial charge in [-0.1, -0.05) is 57.5 Å². The molecule has 0 saturated carbocycles. The SMILES string of the molecule is CCNC(CCSCC(C)CC)(C(N)=O)c1ccccc1. The zero-order valence-electron chi connectivity index (χ0n) is 13.4. The van der Waals surface area contributed by atoms with Crippen LogP contribution in [0.5, 0.6) is 0 Å². The van der Waals surface area contributed by atoms with Crippen LogP contribution in [0, 0.1) is 5.92 Å². The number of hydrogen-bond acceptors (Lipinski definition) is 3. The van der Waals surface area contributed by atoms with Crippen LogP contribution < -0.4 is 11.1 Å². The third-order valence-electron chi connectivity index (χ3n) is 3.89. The molecular weight excluding hydrogens is 280 g/mol. The molecule has 4 heteroatoms. The number of amides is 1. The highest BCUT2D eigenvalue weighted by Crippen LogP contribution is 2.27. The Morgan fingerprint density at radius 3 is 2.52 bits per heavy atom. The first-order valence-electron chi connectivity index (χ1n) is 7.75. The summed E-state index contributed by atoms with van der Waals surface area (Å²) in [5.74, 6) is 2.48. The van der Waals surface area contributed by atoms with Crippen molar-refractivity contribution < 1.29 is 4.79 Å². The number of thioether (sulfide) groups is 1. The fourth-order valence-corrected chi connectivity index (χ4v) is 3.59. The first kappa shape index (κ1) is 18.1. The number of nitrogens with one attached hydrogen (secondary N) is 1. The van der Waals surface area contributed by atoms with Gasteiger partial charge < -0.3 is 5.73 Å². The number of carbonyl (C=O) groups is 1. The number of rotatable bonds is 10. The van der Waals surface area contributed by atoms with Gasteiger partial charge in [0.05, 0.1) is 0 Å². The van der Waals surface area contributed by atoms with E-state index in [9.17, 15) is 4.79 Å². The van der Waals surface area contributed by atoms with E-state index in [1.54, 1.807) is 0 Å². The molecule has 0 aliphatic heterocycles. The van der Waals surface area contributed by atoms with Crippen molar-refractivity contribution in [2.45, 2.75) is 39.2 Å². The van der Waals surface area contributed by atoms with E-state index in [1.807, 2.05) is 49.0 Å². The van der Waals surface area contributed by atoms with Gasteiger partial charge in [-0.2, -0.15) is 11.8 Å². The Bertz CT molecular complexity index is 424. The Labute approximate surface area is 133 Å². The fourth-order valence-electron chi connectivity index (χ4n) is 2.34. The quantitative estimate of drug-likeness (QED) is 0.653. The van der Waals surface area contributed by atoms with Crippen LogP contribution >= 0.6 is 11.8 Å². The Kier molecular flexibility index (Phi) is 7.83. The number of primary amides is 1. The van der Waals surface area contributed by atoms with Crippen molar-refractivity contribution in [2.75, 3.05) is 18.1 Å². The molecule has 0 fully saturated rings. The van der Waals surface area contributed by atoms with Crippen molar-refractivity contribution >= 4 is 17.7 Å². The molecule has 0 spiro atoms. The molecule has 0 saturated heterocycles. The Morgan fingerprint density at radius 1 is 1.33 bits per heavy atom. The summed E-state index contributed by atoms with van der Waals surface area (Å²) in [5.41, 5.74) is 5.96. The van der Waals surface area contributed by atoms with Gasteiger partial charge in [-0.05, 0) is 36.0 Å². The summed E-state index contributed by atoms with van der Waals surface area (Å²) >= 11 is 1.90. The van der Waals surface area contributed by atoms with Crippen LogP contribution in [-0.4, -0.2) is 24.0 Å². The predicted octanol–water partition coefficient (Wildman–Crippen LogP) is 3.15. The predicted molar refractivity (Wildman–Crippen MR) is 92.4 cm³/mol. The van der Waals surface area contributed by atoms with Gasteiger partial charge in [-0.25, -0.2) is 0 Å². The first-order chi connectivity index (χ1) is 10.1. The summed E-state index contributed by atoms with van der Waals surface area (Å²) < 4.78 is 0. The van der Waals surface area contributed by atoms with Gasteiger partial charge >= 0.3 is 0 Å². The van der Waals surface area contributed by atoms with E-state index in [0.29, 0.717) is 12.5 Å². The summed E-state index contributed by atoms with van der Waals surface area (Å²) in [4.78, 5) is 12.1. The monoisotopic (exact) mass is 308 g/mol. The number of benzene rings is 1. The number of carbonyl (C=O) groups excluding carboxylic acids is 1. The molecule has 0 bridgehead atoms. The van der Waals surface area contributed by atoms with Crippen LogP contribution in [0.25, 0.3) is 0 Å². The lowest BCUT2D eigenvalue weighted by Gasteiger charge is -2.32. The Balaban J connectivity index is 2.80. The van der Waals surface area contributed by atoms with Crippen LogP contribution in [0.1, 0.15) is 39.2 Å². The van der Waals surface area contributed by atoms with Crippen molar-refractivity contribution in [1.82, 2.24) is 5.32 Å². The standard InChI is InChI=1S/C17H28N2OS/c1-4-14(3)13-21-12-11-17(16(18)20,19-5-2)15-9-7-6-8-10-15/h6-10,14,19H,4-5,11-13H2,1-3H3,(H2,18,20). The second kappa shape index (κ2) is 9.11. The maximum Gasteiger partial charge on any atom is 0.242 e. The van der Waals surface area contributed by atoms with E-state index >= 15 is 0 Å². The molecule has 0 heterocycles. The molecule has 1 amide bonds. The summed E-state index contributed by atoms with van der Waals surface area (Å²) in [6.07, 6.45) is 1.92. The minimum atomic E-state index is -0.752. The molecule has 21 heavy (non-hydrogen) atoms. The van der Waals surface area contributed by atoms with Crippen LogP contribution in [-0.2, 0) is 10.3 Å². The Morgan fingerprint density at radius 2 is 2.00 bits per heavy atom. The normalized spacial score (nSPS) is 15.4. The number of nitrogens with two attached hydrogens (primary N) is 1. The van der Waals surface area contributed by atoms with Gasteiger partial charge in [0.15, 0.2) is 0 Å². The van der Waals surface area contributed by atoms with E-state index in [4.69, 9.17) is 5.73 Å². The second-order valence-corrected chi connectivity index (χ2v) is 6.65. The molecule has 1 aromatic rings. The van der Waals surface area contributed by atoms with Gasteiger partial charge in [-0.15, -0.1) is 0 Å². The third kappa shape index (κ3) is 5.04. The lowest BCUT2D eigenvalue weighted by molar-refractivity contribution is -0.124. The first-order valence-corrected chi connectivity index (χ1v) is 8.90. The summed E-state index contributed by atoms with van der Waals surface area (Å²) in [5, 5.41) is 3.33. The van der Waals surface area contributed by atoms with E-state index in [1.165, 1.54) is 6.42 Å². The topological polar surface area (TPSA) is 55.1 Å². The molecule has 2 atom stereocenters. The van der Waals surface area contributed by atoms with Gasteiger partial charge in [0.1, 0.15) is 5.54 Å². The molecule has 3 N–H and O–H groups in total. The average Bonchev–Trinajstić information content (AvgIpc) is 2.50. The van der Waals surface area contributed by atoms with Crippen molar-refractivity contribution in [3.63, 3.8) is 0 Å². The third-order valence-corrected chi connectivity index (χ3v) is 5.18. The minimum absolute atomic E-state index is 0.292. The molecule has 3 nitrogen and oxygen atoms in total. The van der Waals surface area contributed by atoms with Crippen molar-refractivity contribution in [1.29, 1.82) is 0 Å². The highest BCUT2D eigenvalue weighted by atomic mass is 32.2. The maximum absolute atomic E-state index is 12.1. The van der Waals surface area contributed by atoms with Gasteiger partial charge in [0.2, 0.25) is 5.91 Å². The molecule has 0 aliphatic rings. The summed E-state index contributed by atoms with van der Waals surface area (Å²) in [6.45, 7) is 7.19. The highest BCUT2D eigenvalue weighted by Gasteiger charge is 2.37. The smallest absolute Gasteiger partial charge is 0.242 e. The average molecular weight is 308 g/mol. The lowest BCUT2D eigenvalue weighted by atomic mass is 9.86. The molecule has 0 radical (unpaired) electrons. The Hall–Kier alpha value is -1.00. The largest absolute Gasteiger partial charge is 0.368 e. The molecule has 0 aromatic heterocycles. The van der Waals surface area contributed by atoms with Crippen molar-refractivity contribution in [3.05, 3.63) is 35.9 Å². The van der Waals surface area contributed by atoms with Crippen LogP contribution in [0.15, 0.2) is 30.3 Å². The maximum atomic E-state index is 12.1. The zero-order chi connectivity index (χ0) is 15.7. The molecule has 2 unspecified atom stereocenters. The molecule has 0 aliphatic carbocycles. The minimum Gasteiger partial charge on any atom is -0.368 e. The van der Waals surface area contributed by atoms with Crippen molar-refractivity contribution in [2.24, 2.45) is 11.7 Å². The van der Waals surface area contributed by atoms with Crippen LogP contribution in [0.4, 0.5) is 0 Å². The number of hydrogen-bond donors (Lipinski definition) is 2. The highest BCUT2D eigenvalue weighted by molar-refractivity contribution is 7.99. The van der Waals surface area contributed by atoms with Gasteiger partial charge in [0.25, 0.3) is 0 Å². The van der Waals surface area contributed by atoms with E-state index in [-0.39, 0.29) is 5.91 Å².